The molecule has 3 aromatic rings. The molecule has 6 heteroatoms. The Morgan fingerprint density at radius 2 is 1.92 bits per heavy atom. The third-order valence-electron chi connectivity index (χ3n) is 4.55. The Kier molecular flexibility index (Phi) is 4.78. The fourth-order valence-electron chi connectivity index (χ4n) is 2.99. The van der Waals surface area contributed by atoms with Crippen LogP contribution in [-0.2, 0) is 4.79 Å². The van der Waals surface area contributed by atoms with Crippen molar-refractivity contribution in [3.8, 4) is 17.0 Å². The van der Waals surface area contributed by atoms with Gasteiger partial charge in [0, 0.05) is 21.3 Å². The monoisotopic (exact) mass is 428 g/mol. The van der Waals surface area contributed by atoms with Crippen LogP contribution in [0.3, 0.4) is 0 Å². The molecule has 1 N–H and O–H groups in total. The van der Waals surface area contributed by atoms with Crippen LogP contribution in [0.1, 0.15) is 17.9 Å². The van der Waals surface area contributed by atoms with Crippen LogP contribution in [0.4, 0.5) is 5.13 Å². The molecule has 0 aliphatic heterocycles. The van der Waals surface area contributed by atoms with Crippen molar-refractivity contribution < 1.29 is 9.53 Å². The molecule has 0 radical (unpaired) electrons. The zero-order valence-corrected chi connectivity index (χ0v) is 16.5. The van der Waals surface area contributed by atoms with E-state index >= 15 is 0 Å². The minimum absolute atomic E-state index is 0.0171. The number of carbonyl (C=O) groups is 1. The Labute approximate surface area is 164 Å². The molecular weight excluding hydrogens is 412 g/mol. The molecule has 0 saturated heterocycles. The van der Waals surface area contributed by atoms with Crippen LogP contribution in [0.2, 0.25) is 0 Å². The number of amides is 1. The Morgan fingerprint density at radius 1 is 1.19 bits per heavy atom. The molecule has 1 aromatic heterocycles. The summed E-state index contributed by atoms with van der Waals surface area (Å²) in [6.45, 7) is 0. The summed E-state index contributed by atoms with van der Waals surface area (Å²) in [4.78, 5) is 17.0. The quantitative estimate of drug-likeness (QED) is 0.597. The minimum atomic E-state index is 0.0171. The number of thiazole rings is 1. The number of nitrogens with zero attached hydrogens (tertiary/aromatic N) is 1. The third-order valence-corrected chi connectivity index (χ3v) is 5.83. The molecule has 1 amide bonds. The molecule has 132 valence electrons. The number of hydrogen-bond donors (Lipinski definition) is 1. The predicted molar refractivity (Wildman–Crippen MR) is 108 cm³/mol. The molecule has 1 fully saturated rings. The average molecular weight is 429 g/mol. The van der Waals surface area contributed by atoms with Gasteiger partial charge < -0.3 is 10.1 Å². The van der Waals surface area contributed by atoms with Crippen LogP contribution in [0.25, 0.3) is 11.3 Å². The lowest BCUT2D eigenvalue weighted by Crippen LogP contribution is -2.14. The molecule has 1 aliphatic rings. The zero-order valence-electron chi connectivity index (χ0n) is 14.1. The van der Waals surface area contributed by atoms with Crippen molar-refractivity contribution in [2.45, 2.75) is 12.3 Å². The van der Waals surface area contributed by atoms with E-state index in [2.05, 4.69) is 26.2 Å². The minimum Gasteiger partial charge on any atom is -0.497 e. The first kappa shape index (κ1) is 17.2. The number of carbonyl (C=O) groups excluding carboxylic acids is 1. The van der Waals surface area contributed by atoms with E-state index in [9.17, 15) is 4.79 Å². The van der Waals surface area contributed by atoms with Crippen LogP contribution in [-0.4, -0.2) is 18.0 Å². The van der Waals surface area contributed by atoms with E-state index in [1.165, 1.54) is 16.9 Å². The van der Waals surface area contributed by atoms with Gasteiger partial charge in [-0.1, -0.05) is 40.2 Å². The van der Waals surface area contributed by atoms with Crippen LogP contribution in [0.5, 0.6) is 5.75 Å². The second kappa shape index (κ2) is 7.21. The van der Waals surface area contributed by atoms with Crippen molar-refractivity contribution in [1.29, 1.82) is 0 Å². The number of hydrogen-bond acceptors (Lipinski definition) is 4. The maximum Gasteiger partial charge on any atom is 0.229 e. The molecule has 4 nitrogen and oxygen atoms in total. The summed E-state index contributed by atoms with van der Waals surface area (Å²) in [6.07, 6.45) is 0.878. The van der Waals surface area contributed by atoms with Crippen molar-refractivity contribution in [2.24, 2.45) is 5.92 Å². The summed E-state index contributed by atoms with van der Waals surface area (Å²) in [7, 11) is 1.65. The van der Waals surface area contributed by atoms with Gasteiger partial charge in [-0.2, -0.15) is 0 Å². The first-order valence-corrected chi connectivity index (χ1v) is 9.97. The number of anilines is 1. The summed E-state index contributed by atoms with van der Waals surface area (Å²) in [5.74, 6) is 1.18. The van der Waals surface area contributed by atoms with Crippen LogP contribution in [0, 0.1) is 5.92 Å². The summed E-state index contributed by atoms with van der Waals surface area (Å²) >= 11 is 4.88. The van der Waals surface area contributed by atoms with E-state index in [4.69, 9.17) is 4.74 Å². The third kappa shape index (κ3) is 3.66. The number of nitrogens with one attached hydrogen (secondary N) is 1. The van der Waals surface area contributed by atoms with Crippen molar-refractivity contribution in [2.75, 3.05) is 12.4 Å². The Morgan fingerprint density at radius 3 is 2.62 bits per heavy atom. The predicted octanol–water partition coefficient (Wildman–Crippen LogP) is 5.32. The van der Waals surface area contributed by atoms with Gasteiger partial charge in [-0.3, -0.25) is 4.79 Å². The number of rotatable bonds is 5. The Hall–Kier alpha value is -2.18. The van der Waals surface area contributed by atoms with E-state index in [-0.39, 0.29) is 17.7 Å². The number of methoxy groups -OCH3 is 1. The van der Waals surface area contributed by atoms with Crippen molar-refractivity contribution in [3.63, 3.8) is 0 Å². The van der Waals surface area contributed by atoms with Gasteiger partial charge in [0.15, 0.2) is 5.13 Å². The highest BCUT2D eigenvalue weighted by atomic mass is 79.9. The van der Waals surface area contributed by atoms with Crippen molar-refractivity contribution in [3.05, 3.63) is 63.9 Å². The van der Waals surface area contributed by atoms with Gasteiger partial charge in [0.25, 0.3) is 0 Å². The second-order valence-electron chi connectivity index (χ2n) is 6.26. The Balaban J connectivity index is 1.39. The van der Waals surface area contributed by atoms with Crippen molar-refractivity contribution >= 4 is 38.3 Å². The van der Waals surface area contributed by atoms with Crippen LogP contribution >= 0.6 is 27.3 Å². The average Bonchev–Trinajstić information content (AvgIpc) is 3.35. The first-order chi connectivity index (χ1) is 12.6. The van der Waals surface area contributed by atoms with Gasteiger partial charge in [-0.05, 0) is 42.2 Å². The SMILES string of the molecule is COc1ccc(C2CC2C(=O)Nc2nc(-c3ccc(Br)cc3)cs2)cc1. The zero-order chi connectivity index (χ0) is 18.1. The lowest BCUT2D eigenvalue weighted by Gasteiger charge is -2.03. The number of aromatic nitrogens is 1. The number of halogens is 1. The van der Waals surface area contributed by atoms with E-state index in [1.54, 1.807) is 7.11 Å². The lowest BCUT2D eigenvalue weighted by atomic mass is 10.1. The van der Waals surface area contributed by atoms with Crippen molar-refractivity contribution in [1.82, 2.24) is 4.98 Å². The molecule has 2 atom stereocenters. The largest absolute Gasteiger partial charge is 0.497 e. The Bertz CT molecular complexity index is 922. The van der Waals surface area contributed by atoms with E-state index < -0.39 is 0 Å². The molecule has 26 heavy (non-hydrogen) atoms. The highest BCUT2D eigenvalue weighted by Gasteiger charge is 2.44. The van der Waals surface area contributed by atoms with Gasteiger partial charge in [0.05, 0.1) is 12.8 Å². The molecule has 0 bridgehead atoms. The normalized spacial score (nSPS) is 18.4. The molecule has 4 rings (SSSR count). The van der Waals surface area contributed by atoms with Gasteiger partial charge >= 0.3 is 0 Å². The van der Waals surface area contributed by atoms with E-state index in [0.717, 1.165) is 27.9 Å². The summed E-state index contributed by atoms with van der Waals surface area (Å²) in [5, 5.41) is 5.57. The second-order valence-corrected chi connectivity index (χ2v) is 8.03. The van der Waals surface area contributed by atoms with Gasteiger partial charge in [-0.15, -0.1) is 11.3 Å². The first-order valence-electron chi connectivity index (χ1n) is 8.30. The highest BCUT2D eigenvalue weighted by Crippen LogP contribution is 2.48. The fraction of sp³-hybridized carbons (Fsp3) is 0.200. The smallest absolute Gasteiger partial charge is 0.229 e. The van der Waals surface area contributed by atoms with E-state index in [1.807, 2.05) is 53.9 Å². The summed E-state index contributed by atoms with van der Waals surface area (Å²) in [6, 6.07) is 15.9. The maximum absolute atomic E-state index is 12.5. The lowest BCUT2D eigenvalue weighted by molar-refractivity contribution is -0.117. The molecule has 1 saturated carbocycles. The summed E-state index contributed by atoms with van der Waals surface area (Å²) in [5.41, 5.74) is 3.09. The van der Waals surface area contributed by atoms with Gasteiger partial charge in [-0.25, -0.2) is 4.98 Å². The molecule has 2 unspecified atom stereocenters. The number of ether oxygens (including phenoxy) is 1. The van der Waals surface area contributed by atoms with Crippen LogP contribution in [0.15, 0.2) is 58.4 Å². The molecule has 2 aromatic carbocycles. The molecule has 0 spiro atoms. The summed E-state index contributed by atoms with van der Waals surface area (Å²) < 4.78 is 6.21. The number of benzene rings is 2. The van der Waals surface area contributed by atoms with Gasteiger partial charge in [0.2, 0.25) is 5.91 Å². The van der Waals surface area contributed by atoms with E-state index in [0.29, 0.717) is 5.13 Å². The highest BCUT2D eigenvalue weighted by molar-refractivity contribution is 9.10. The standard InChI is InChI=1S/C20H17BrN2O2S/c1-25-15-8-4-12(5-9-15)16-10-17(16)19(24)23-20-22-18(11-26-20)13-2-6-14(21)7-3-13/h2-9,11,16-17H,10H2,1H3,(H,22,23,24). The topological polar surface area (TPSA) is 51.2 Å². The maximum atomic E-state index is 12.5. The van der Waals surface area contributed by atoms with Crippen LogP contribution < -0.4 is 10.1 Å². The fourth-order valence-corrected chi connectivity index (χ4v) is 3.97. The molecule has 1 heterocycles. The molecule has 1 aliphatic carbocycles. The van der Waals surface area contributed by atoms with Gasteiger partial charge in [0.1, 0.15) is 5.75 Å². The molecular formula is C20H17BrN2O2S.